The molecule has 5 N–H and O–H groups in total. The van der Waals surface area contributed by atoms with E-state index in [-0.39, 0.29) is 0 Å². The lowest BCUT2D eigenvalue weighted by atomic mass is 10.2. The first kappa shape index (κ1) is 20.8. The average molecular weight is 371 g/mol. The molecule has 138 valence electrons. The number of carbonyl (C=O) groups is 3. The van der Waals surface area contributed by atoms with Gasteiger partial charge in [-0.15, -0.1) is 0 Å². The van der Waals surface area contributed by atoms with Gasteiger partial charge in [0.05, 0.1) is 0 Å². The van der Waals surface area contributed by atoms with Crippen LogP contribution in [0.2, 0.25) is 0 Å². The van der Waals surface area contributed by atoms with E-state index in [1.165, 1.54) is 13.8 Å². The van der Waals surface area contributed by atoms with E-state index in [9.17, 15) is 18.9 Å². The topological polar surface area (TPSA) is 145 Å². The van der Waals surface area contributed by atoms with Crippen LogP contribution in [0, 0.1) is 0 Å². The summed E-state index contributed by atoms with van der Waals surface area (Å²) in [5.41, 5.74) is 0.392. The number of carbonyl (C=O) groups excluding carboxylic acids is 3. The van der Waals surface area contributed by atoms with Gasteiger partial charge in [-0.2, -0.15) is 0 Å². The molecular formula is C15H22N3O6P. The van der Waals surface area contributed by atoms with Gasteiger partial charge in [0.15, 0.2) is 0 Å². The Morgan fingerprint density at radius 1 is 0.880 bits per heavy atom. The minimum Gasteiger partial charge on any atom is -0.343 e. The zero-order chi connectivity index (χ0) is 19.2. The lowest BCUT2D eigenvalue weighted by molar-refractivity contribution is -0.129. The van der Waals surface area contributed by atoms with E-state index in [1.54, 1.807) is 30.3 Å². The summed E-state index contributed by atoms with van der Waals surface area (Å²) < 4.78 is 11.0. The van der Waals surface area contributed by atoms with Crippen molar-refractivity contribution >= 4 is 25.3 Å². The predicted molar refractivity (Wildman–Crippen MR) is 90.6 cm³/mol. The average Bonchev–Trinajstić information content (AvgIpc) is 2.54. The van der Waals surface area contributed by atoms with Crippen molar-refractivity contribution in [3.05, 3.63) is 35.9 Å². The molecule has 1 rings (SSSR count). The molecule has 10 heteroatoms. The molecule has 25 heavy (non-hydrogen) atoms. The van der Waals surface area contributed by atoms with Gasteiger partial charge in [-0.05, 0) is 32.9 Å². The molecule has 1 aromatic carbocycles. The van der Waals surface area contributed by atoms with Crippen molar-refractivity contribution in [1.29, 1.82) is 0 Å². The monoisotopic (exact) mass is 371 g/mol. The van der Waals surface area contributed by atoms with Gasteiger partial charge < -0.3 is 25.7 Å². The van der Waals surface area contributed by atoms with Gasteiger partial charge in [-0.25, -0.2) is 0 Å². The Hall–Kier alpha value is -2.22. The van der Waals surface area contributed by atoms with Gasteiger partial charge in [0.1, 0.15) is 17.9 Å². The van der Waals surface area contributed by atoms with Gasteiger partial charge in [-0.3, -0.25) is 18.9 Å². The number of hydrogen-bond acceptors (Lipinski definition) is 4. The van der Waals surface area contributed by atoms with Crippen molar-refractivity contribution in [2.45, 2.75) is 38.6 Å². The van der Waals surface area contributed by atoms with Crippen molar-refractivity contribution in [3.63, 3.8) is 0 Å². The van der Waals surface area contributed by atoms with E-state index in [1.807, 2.05) is 0 Å². The van der Waals surface area contributed by atoms with Crippen molar-refractivity contribution < 1.29 is 28.7 Å². The summed E-state index contributed by atoms with van der Waals surface area (Å²) in [7, 11) is -4.46. The van der Waals surface area contributed by atoms with Crippen molar-refractivity contribution in [3.8, 4) is 0 Å². The van der Waals surface area contributed by atoms with Crippen LogP contribution >= 0.6 is 7.60 Å². The Morgan fingerprint density at radius 2 is 1.36 bits per heavy atom. The third-order valence-corrected chi connectivity index (χ3v) is 4.52. The summed E-state index contributed by atoms with van der Waals surface area (Å²) in [6.07, 6.45) is 0. The summed E-state index contributed by atoms with van der Waals surface area (Å²) in [4.78, 5) is 53.8. The molecule has 0 spiro atoms. The van der Waals surface area contributed by atoms with Crippen LogP contribution < -0.4 is 16.0 Å². The van der Waals surface area contributed by atoms with Crippen LogP contribution in [-0.2, 0) is 14.2 Å². The van der Waals surface area contributed by atoms with Gasteiger partial charge >= 0.3 is 7.60 Å². The summed E-state index contributed by atoms with van der Waals surface area (Å²) in [6, 6.07) is 6.40. The van der Waals surface area contributed by atoms with Crippen LogP contribution in [-0.4, -0.2) is 45.4 Å². The molecule has 3 amide bonds. The Morgan fingerprint density at radius 3 is 1.88 bits per heavy atom. The molecule has 0 aliphatic carbocycles. The SMILES string of the molecule is CC(NC(=O)[C@@H](C)NC(=O)[C@H](C)NC(=O)c1ccccc1)P(=O)(O)O. The Bertz CT molecular complexity index is 675. The van der Waals surface area contributed by atoms with E-state index in [4.69, 9.17) is 9.79 Å². The van der Waals surface area contributed by atoms with Crippen LogP contribution in [0.3, 0.4) is 0 Å². The predicted octanol–water partition coefficient (Wildman–Crippen LogP) is -0.0505. The highest BCUT2D eigenvalue weighted by Crippen LogP contribution is 2.39. The Balaban J connectivity index is 2.55. The summed E-state index contributed by atoms with van der Waals surface area (Å²) >= 11 is 0. The molecule has 0 heterocycles. The molecular weight excluding hydrogens is 349 g/mol. The van der Waals surface area contributed by atoms with Crippen molar-refractivity contribution in [1.82, 2.24) is 16.0 Å². The molecule has 1 unspecified atom stereocenters. The molecule has 0 aromatic heterocycles. The third kappa shape index (κ3) is 6.66. The van der Waals surface area contributed by atoms with Crippen LogP contribution in [0.4, 0.5) is 0 Å². The lowest BCUT2D eigenvalue weighted by Gasteiger charge is -2.21. The Labute approximate surface area is 145 Å². The van der Waals surface area contributed by atoms with E-state index in [0.29, 0.717) is 5.56 Å². The number of nitrogens with one attached hydrogen (secondary N) is 3. The summed E-state index contributed by atoms with van der Waals surface area (Å²) in [5.74, 6) is -3.15. The van der Waals surface area contributed by atoms with Crippen molar-refractivity contribution in [2.24, 2.45) is 0 Å². The van der Waals surface area contributed by atoms with Crippen LogP contribution in [0.15, 0.2) is 30.3 Å². The van der Waals surface area contributed by atoms with E-state index in [0.717, 1.165) is 6.92 Å². The fourth-order valence-corrected chi connectivity index (χ4v) is 2.05. The molecule has 0 saturated carbocycles. The number of amides is 3. The smallest absolute Gasteiger partial charge is 0.343 e. The molecule has 9 nitrogen and oxygen atoms in total. The first-order valence-corrected chi connectivity index (χ1v) is 9.22. The molecule has 0 aliphatic heterocycles. The fourth-order valence-electron chi connectivity index (χ4n) is 1.75. The van der Waals surface area contributed by atoms with Gasteiger partial charge in [-0.1, -0.05) is 18.2 Å². The number of benzene rings is 1. The number of hydrogen-bond donors (Lipinski definition) is 5. The third-order valence-electron chi connectivity index (χ3n) is 3.38. The molecule has 1 aromatic rings. The molecule has 3 atom stereocenters. The van der Waals surface area contributed by atoms with Crippen LogP contribution in [0.5, 0.6) is 0 Å². The summed E-state index contributed by atoms with van der Waals surface area (Å²) in [5, 5.41) is 7.00. The van der Waals surface area contributed by atoms with E-state index < -0.39 is 43.2 Å². The normalized spacial score (nSPS) is 14.8. The van der Waals surface area contributed by atoms with Crippen molar-refractivity contribution in [2.75, 3.05) is 0 Å². The van der Waals surface area contributed by atoms with Gasteiger partial charge in [0.25, 0.3) is 5.91 Å². The lowest BCUT2D eigenvalue weighted by Crippen LogP contribution is -2.52. The van der Waals surface area contributed by atoms with Gasteiger partial charge in [0, 0.05) is 5.56 Å². The summed E-state index contributed by atoms with van der Waals surface area (Å²) in [6.45, 7) is 3.99. The minimum absolute atomic E-state index is 0.392. The van der Waals surface area contributed by atoms with E-state index in [2.05, 4.69) is 16.0 Å². The quantitative estimate of drug-likeness (QED) is 0.425. The number of rotatable bonds is 7. The first-order valence-electron chi connectivity index (χ1n) is 7.54. The maximum atomic E-state index is 12.0. The first-order chi connectivity index (χ1) is 11.5. The second-order valence-corrected chi connectivity index (χ2v) is 7.52. The van der Waals surface area contributed by atoms with Gasteiger partial charge in [0.2, 0.25) is 11.8 Å². The largest absolute Gasteiger partial charge is 0.347 e. The second kappa shape index (κ2) is 8.75. The van der Waals surface area contributed by atoms with Crippen LogP contribution in [0.1, 0.15) is 31.1 Å². The molecule has 0 saturated heterocycles. The second-order valence-electron chi connectivity index (χ2n) is 5.57. The standard InChI is InChI=1S/C15H22N3O6P/c1-9(17-15(21)12-7-5-4-6-8-12)13(19)16-10(2)14(20)18-11(3)25(22,23)24/h4-11H,1-3H3,(H,16,19)(H,17,21)(H,18,20)(H2,22,23,24)/t9-,10+,11?/m0/s1. The highest BCUT2D eigenvalue weighted by Gasteiger charge is 2.28. The highest BCUT2D eigenvalue weighted by atomic mass is 31.2. The highest BCUT2D eigenvalue weighted by molar-refractivity contribution is 7.52. The molecule has 0 fully saturated rings. The zero-order valence-electron chi connectivity index (χ0n) is 14.1. The van der Waals surface area contributed by atoms with E-state index >= 15 is 0 Å². The molecule has 0 aliphatic rings. The molecule has 0 bridgehead atoms. The van der Waals surface area contributed by atoms with Crippen LogP contribution in [0.25, 0.3) is 0 Å². The maximum Gasteiger partial charge on any atom is 0.347 e. The Kier molecular flexibility index (Phi) is 7.29. The maximum absolute atomic E-state index is 12.0. The minimum atomic E-state index is -4.46. The zero-order valence-corrected chi connectivity index (χ0v) is 15.0. The fraction of sp³-hybridized carbons (Fsp3) is 0.400. The molecule has 0 radical (unpaired) electrons.